The van der Waals surface area contributed by atoms with E-state index in [1.54, 1.807) is 6.92 Å². The predicted molar refractivity (Wildman–Crippen MR) is 158 cm³/mol. The second kappa shape index (κ2) is 11.8. The lowest BCUT2D eigenvalue weighted by atomic mass is 9.74. The Morgan fingerprint density at radius 1 is 1.13 bits per heavy atom. The van der Waals surface area contributed by atoms with Gasteiger partial charge in [0.25, 0.3) is 5.91 Å². The van der Waals surface area contributed by atoms with Crippen LogP contribution >= 0.6 is 24.0 Å². The number of rotatable bonds is 7. The van der Waals surface area contributed by atoms with Crippen molar-refractivity contribution in [1.82, 2.24) is 5.32 Å². The van der Waals surface area contributed by atoms with E-state index in [-0.39, 0.29) is 24.9 Å². The Labute approximate surface area is 241 Å². The first-order chi connectivity index (χ1) is 18.4. The molecule has 1 saturated carbocycles. The molecule has 2 fully saturated rings. The van der Waals surface area contributed by atoms with Crippen LogP contribution in [0, 0.1) is 0 Å². The second-order valence-corrected chi connectivity index (χ2v) is 12.9. The monoisotopic (exact) mass is 569 g/mol. The maximum Gasteiger partial charge on any atom is 0.256 e. The minimum Gasteiger partial charge on any atom is -0.387 e. The van der Waals surface area contributed by atoms with Crippen molar-refractivity contribution in [2.45, 2.75) is 98.6 Å². The summed E-state index contributed by atoms with van der Waals surface area (Å²) in [5.74, 6) is -0.531. The molecule has 2 bridgehead atoms. The number of aliphatic hydroxyl groups is 2. The molecule has 5 rings (SSSR count). The number of carbonyl (C=O) groups is 1. The normalized spacial score (nSPS) is 30.2. The summed E-state index contributed by atoms with van der Waals surface area (Å²) in [6.45, 7) is 8.15. The zero-order valence-corrected chi connectivity index (χ0v) is 25.0. The second-order valence-electron chi connectivity index (χ2n) is 11.3. The first-order valence-electron chi connectivity index (χ1n) is 13.4. The molecular formula is C31H39NO5S2. The highest BCUT2D eigenvalue weighted by atomic mass is 32.2. The molecule has 2 heterocycles. The first-order valence-corrected chi connectivity index (χ1v) is 14.6. The summed E-state index contributed by atoms with van der Waals surface area (Å²) in [4.78, 5) is 15.6. The van der Waals surface area contributed by atoms with Crippen LogP contribution in [-0.4, -0.2) is 51.6 Å². The van der Waals surface area contributed by atoms with Crippen molar-refractivity contribution >= 4 is 34.9 Å². The number of allylic oxidation sites excluding steroid dienone is 1. The van der Waals surface area contributed by atoms with Gasteiger partial charge in [-0.05, 0) is 64.7 Å². The maximum atomic E-state index is 12.4. The number of benzene rings is 2. The highest BCUT2D eigenvalue weighted by Crippen LogP contribution is 2.59. The molecule has 2 aromatic carbocycles. The van der Waals surface area contributed by atoms with Crippen LogP contribution in [0.4, 0.5) is 0 Å². The van der Waals surface area contributed by atoms with E-state index in [0.29, 0.717) is 17.5 Å². The third kappa shape index (κ3) is 6.81. The van der Waals surface area contributed by atoms with Gasteiger partial charge in [0.05, 0.1) is 22.8 Å². The topological polar surface area (TPSA) is 91.3 Å². The molecule has 0 aromatic heterocycles. The Morgan fingerprint density at radius 2 is 1.79 bits per heavy atom. The number of epoxide rings is 1. The van der Waals surface area contributed by atoms with Gasteiger partial charge in [-0.2, -0.15) is 0 Å². The van der Waals surface area contributed by atoms with E-state index in [2.05, 4.69) is 50.4 Å². The summed E-state index contributed by atoms with van der Waals surface area (Å²) in [7, 11) is 1.46. The van der Waals surface area contributed by atoms with Crippen LogP contribution in [0.25, 0.3) is 0 Å². The summed E-state index contributed by atoms with van der Waals surface area (Å²) in [5, 5.41) is 23.5. The number of ether oxygens (including phenoxy) is 2. The van der Waals surface area contributed by atoms with E-state index in [9.17, 15) is 15.0 Å². The molecule has 2 aromatic rings. The molecular weight excluding hydrogens is 530 g/mol. The van der Waals surface area contributed by atoms with Crippen LogP contribution < -0.4 is 5.32 Å². The van der Waals surface area contributed by atoms with Crippen molar-refractivity contribution in [2.24, 2.45) is 0 Å². The summed E-state index contributed by atoms with van der Waals surface area (Å²) >= 11 is 7.09. The van der Waals surface area contributed by atoms with E-state index in [1.807, 2.05) is 42.1 Å². The number of fused-ring (bicyclic) bond motifs is 2. The summed E-state index contributed by atoms with van der Waals surface area (Å²) in [5.41, 5.74) is 1.16. The van der Waals surface area contributed by atoms with Crippen LogP contribution in [0.2, 0.25) is 0 Å². The molecule has 3 N–H and O–H groups in total. The number of methoxy groups -OCH3 is 1. The summed E-state index contributed by atoms with van der Waals surface area (Å²) in [6.07, 6.45) is 4.00. The molecule has 0 radical (unpaired) electrons. The first kappa shape index (κ1) is 29.9. The predicted octanol–water partition coefficient (Wildman–Crippen LogP) is 5.48. The van der Waals surface area contributed by atoms with Gasteiger partial charge in [-0.15, -0.1) is 0 Å². The average molecular weight is 570 g/mol. The largest absolute Gasteiger partial charge is 0.387 e. The van der Waals surface area contributed by atoms with Crippen LogP contribution in [0.1, 0.15) is 64.5 Å². The molecule has 5 unspecified atom stereocenters. The van der Waals surface area contributed by atoms with Crippen LogP contribution in [0.3, 0.4) is 0 Å². The highest BCUT2D eigenvalue weighted by Gasteiger charge is 2.56. The molecule has 1 amide bonds. The Balaban J connectivity index is 0.000000192. The van der Waals surface area contributed by atoms with Crippen molar-refractivity contribution in [2.75, 3.05) is 7.11 Å². The zero-order chi connectivity index (χ0) is 28.4. The molecule has 8 heteroatoms. The van der Waals surface area contributed by atoms with E-state index in [0.717, 1.165) is 12.0 Å². The van der Waals surface area contributed by atoms with Crippen molar-refractivity contribution in [3.05, 3.63) is 71.3 Å². The fraction of sp³-hybridized carbons (Fsp3) is 0.484. The number of hydrogen-bond acceptors (Lipinski definition) is 7. The van der Waals surface area contributed by atoms with Crippen LogP contribution in [0.15, 0.2) is 70.0 Å². The fourth-order valence-electron chi connectivity index (χ4n) is 5.20. The third-order valence-electron chi connectivity index (χ3n) is 7.82. The van der Waals surface area contributed by atoms with Crippen LogP contribution in [0.5, 0.6) is 0 Å². The minimum atomic E-state index is -1.58. The van der Waals surface area contributed by atoms with Crippen molar-refractivity contribution in [3.8, 4) is 0 Å². The zero-order valence-electron chi connectivity index (χ0n) is 23.3. The van der Waals surface area contributed by atoms with Gasteiger partial charge in [0.2, 0.25) is 0 Å². The maximum absolute atomic E-state index is 12.4. The SMILES string of the molecule is CC(C)=CCC1OC1(C)c1c2cccc1S2.COC1CC(O)(C(=O)NC(=S)Cc2ccccc2)CCC1(C)O. The Morgan fingerprint density at radius 3 is 2.38 bits per heavy atom. The minimum absolute atomic E-state index is 0.0108. The Kier molecular flexibility index (Phi) is 9.05. The number of amides is 1. The van der Waals surface area contributed by atoms with Crippen molar-refractivity contribution in [1.29, 1.82) is 0 Å². The van der Waals surface area contributed by atoms with Crippen LogP contribution in [-0.2, 0) is 26.3 Å². The van der Waals surface area contributed by atoms with Gasteiger partial charge < -0.3 is 25.0 Å². The third-order valence-corrected chi connectivity index (χ3v) is 9.18. The van der Waals surface area contributed by atoms with Crippen molar-refractivity contribution < 1.29 is 24.5 Å². The highest BCUT2D eigenvalue weighted by molar-refractivity contribution is 8.00. The molecule has 3 aliphatic rings. The molecule has 1 aliphatic carbocycles. The standard InChI is InChI=1S/C17H23NO4S.C14H16OS/c1-16(20)8-9-17(21,11-13(16)22-2)15(19)18-14(23)10-12-6-4-3-5-7-12;1-9(2)7-8-12-14(3,15-12)13-10-5-4-6-11(13)16-10/h3-7,13,20-21H,8-11H2,1-2H3,(H,18,19,23);4-7,12H,8H2,1-3H3. The average Bonchev–Trinajstić information content (AvgIpc) is 3.54. The van der Waals surface area contributed by atoms with E-state index >= 15 is 0 Å². The molecule has 2 aliphatic heterocycles. The van der Waals surface area contributed by atoms with E-state index < -0.39 is 23.2 Å². The van der Waals surface area contributed by atoms with Gasteiger partial charge in [0.1, 0.15) is 11.2 Å². The molecule has 0 spiro atoms. The molecule has 6 nitrogen and oxygen atoms in total. The van der Waals surface area contributed by atoms with Gasteiger partial charge in [-0.3, -0.25) is 4.79 Å². The van der Waals surface area contributed by atoms with Crippen molar-refractivity contribution in [3.63, 3.8) is 0 Å². The number of thiocarbonyl (C=S) groups is 1. The lowest BCUT2D eigenvalue weighted by Crippen LogP contribution is -2.58. The van der Waals surface area contributed by atoms with Gasteiger partial charge in [-0.25, -0.2) is 0 Å². The summed E-state index contributed by atoms with van der Waals surface area (Å²) in [6, 6.07) is 16.1. The number of hydrogen-bond donors (Lipinski definition) is 3. The van der Waals surface area contributed by atoms with Gasteiger partial charge in [-0.1, -0.05) is 72.0 Å². The van der Waals surface area contributed by atoms with Gasteiger partial charge in [0, 0.05) is 35.3 Å². The van der Waals surface area contributed by atoms with E-state index in [1.165, 1.54) is 28.0 Å². The molecule has 5 atom stereocenters. The number of carbonyl (C=O) groups excluding carboxylic acids is 1. The number of nitrogens with one attached hydrogen (secondary N) is 1. The van der Waals surface area contributed by atoms with Gasteiger partial charge >= 0.3 is 0 Å². The smallest absolute Gasteiger partial charge is 0.256 e. The van der Waals surface area contributed by atoms with Gasteiger partial charge in [0.15, 0.2) is 0 Å². The quantitative estimate of drug-likeness (QED) is 0.197. The molecule has 210 valence electrons. The molecule has 39 heavy (non-hydrogen) atoms. The molecule has 1 saturated heterocycles. The van der Waals surface area contributed by atoms with E-state index in [4.69, 9.17) is 21.7 Å². The lowest BCUT2D eigenvalue weighted by Gasteiger charge is -2.43. The lowest BCUT2D eigenvalue weighted by molar-refractivity contribution is -0.172. The fourth-order valence-corrected chi connectivity index (χ4v) is 6.67. The summed E-state index contributed by atoms with van der Waals surface area (Å²) < 4.78 is 11.1. The Hall–Kier alpha value is -2.07. The Bertz CT molecular complexity index is 1220.